The highest BCUT2D eigenvalue weighted by molar-refractivity contribution is 9.10. The van der Waals surface area contributed by atoms with Crippen LogP contribution in [0.15, 0.2) is 46.9 Å². The first-order valence-electron chi connectivity index (χ1n) is 6.85. The van der Waals surface area contributed by atoms with Gasteiger partial charge in [0.05, 0.1) is 0 Å². The first-order valence-corrected chi connectivity index (χ1v) is 7.65. The molecular formula is C18H18BrFO. The number of benzene rings is 2. The number of ketones is 1. The Morgan fingerprint density at radius 1 is 1.14 bits per heavy atom. The van der Waals surface area contributed by atoms with E-state index in [1.165, 1.54) is 6.07 Å². The Bertz CT molecular complexity index is 671. The molecule has 0 spiro atoms. The van der Waals surface area contributed by atoms with Gasteiger partial charge in [-0.1, -0.05) is 61.0 Å². The predicted octanol–water partition coefficient (Wildman–Crippen LogP) is 5.31. The van der Waals surface area contributed by atoms with Gasteiger partial charge in [-0.2, -0.15) is 0 Å². The molecule has 0 radical (unpaired) electrons. The van der Waals surface area contributed by atoms with Crippen LogP contribution in [0.1, 0.15) is 42.3 Å². The summed E-state index contributed by atoms with van der Waals surface area (Å²) in [5.41, 5.74) is 1.95. The number of halogens is 2. The topological polar surface area (TPSA) is 17.1 Å². The minimum absolute atomic E-state index is 0.0578. The fourth-order valence-electron chi connectivity index (χ4n) is 2.33. The molecule has 0 saturated heterocycles. The Labute approximate surface area is 133 Å². The van der Waals surface area contributed by atoms with Gasteiger partial charge in [0.2, 0.25) is 0 Å². The van der Waals surface area contributed by atoms with Crippen molar-refractivity contribution < 1.29 is 9.18 Å². The third kappa shape index (κ3) is 3.79. The lowest BCUT2D eigenvalue weighted by molar-refractivity contribution is 0.0989. The second-order valence-corrected chi connectivity index (χ2v) is 7.05. The fourth-order valence-corrected chi connectivity index (χ4v) is 2.74. The van der Waals surface area contributed by atoms with Crippen LogP contribution in [0.5, 0.6) is 0 Å². The summed E-state index contributed by atoms with van der Waals surface area (Å²) in [6.45, 7) is 6.20. The molecule has 110 valence electrons. The van der Waals surface area contributed by atoms with E-state index in [0.29, 0.717) is 11.1 Å². The summed E-state index contributed by atoms with van der Waals surface area (Å²) < 4.78 is 14.6. The third-order valence-electron chi connectivity index (χ3n) is 3.39. The first kappa shape index (κ1) is 15.9. The number of carbonyl (C=O) groups excluding carboxylic acids is 1. The van der Waals surface area contributed by atoms with Crippen LogP contribution in [-0.2, 0) is 11.8 Å². The second kappa shape index (κ2) is 6.10. The van der Waals surface area contributed by atoms with Gasteiger partial charge in [0.1, 0.15) is 5.82 Å². The summed E-state index contributed by atoms with van der Waals surface area (Å²) in [6.07, 6.45) is 0.0678. The monoisotopic (exact) mass is 348 g/mol. The van der Waals surface area contributed by atoms with Crippen LogP contribution in [-0.4, -0.2) is 5.78 Å². The summed E-state index contributed by atoms with van der Waals surface area (Å²) >= 11 is 3.31. The van der Waals surface area contributed by atoms with Gasteiger partial charge in [0.25, 0.3) is 0 Å². The lowest BCUT2D eigenvalue weighted by Gasteiger charge is -2.22. The Hall–Kier alpha value is -1.48. The molecule has 1 nitrogen and oxygen atoms in total. The first-order chi connectivity index (χ1) is 9.79. The molecule has 2 aromatic carbocycles. The molecular weight excluding hydrogens is 331 g/mol. The van der Waals surface area contributed by atoms with E-state index < -0.39 is 0 Å². The van der Waals surface area contributed by atoms with Crippen LogP contribution in [0.2, 0.25) is 0 Å². The highest BCUT2D eigenvalue weighted by atomic mass is 79.9. The fraction of sp³-hybridized carbons (Fsp3) is 0.278. The van der Waals surface area contributed by atoms with Crippen LogP contribution < -0.4 is 0 Å². The van der Waals surface area contributed by atoms with E-state index in [0.717, 1.165) is 10.0 Å². The van der Waals surface area contributed by atoms with Gasteiger partial charge in [-0.25, -0.2) is 4.39 Å². The van der Waals surface area contributed by atoms with Crippen LogP contribution >= 0.6 is 15.9 Å². The van der Waals surface area contributed by atoms with Crippen LogP contribution in [0.3, 0.4) is 0 Å². The highest BCUT2D eigenvalue weighted by Gasteiger charge is 2.21. The summed E-state index contributed by atoms with van der Waals surface area (Å²) in [5, 5.41) is 0. The van der Waals surface area contributed by atoms with Gasteiger partial charge in [-0.05, 0) is 34.7 Å². The quantitative estimate of drug-likeness (QED) is 0.686. The van der Waals surface area contributed by atoms with E-state index in [1.54, 1.807) is 12.1 Å². The van der Waals surface area contributed by atoms with Crippen LogP contribution in [0.4, 0.5) is 4.39 Å². The van der Waals surface area contributed by atoms with E-state index in [9.17, 15) is 9.18 Å². The van der Waals surface area contributed by atoms with Crippen LogP contribution in [0, 0.1) is 5.82 Å². The van der Waals surface area contributed by atoms with Crippen molar-refractivity contribution in [2.24, 2.45) is 0 Å². The summed E-state index contributed by atoms with van der Waals surface area (Å²) in [4.78, 5) is 12.6. The molecule has 0 bridgehead atoms. The molecule has 2 rings (SSSR count). The molecule has 21 heavy (non-hydrogen) atoms. The van der Waals surface area contributed by atoms with Crippen molar-refractivity contribution in [3.63, 3.8) is 0 Å². The Kier molecular flexibility index (Phi) is 4.62. The van der Waals surface area contributed by atoms with Crippen molar-refractivity contribution in [2.45, 2.75) is 32.6 Å². The molecule has 0 fully saturated rings. The normalized spacial score (nSPS) is 11.5. The van der Waals surface area contributed by atoms with E-state index in [1.807, 2.05) is 24.3 Å². The standard InChI is InChI=1S/C18H18BrFO/c1-18(2,3)15-7-5-4-6-14(15)17(21)11-12-10-13(19)8-9-16(12)20/h4-10H,11H2,1-3H3. The summed E-state index contributed by atoms with van der Waals surface area (Å²) in [5.74, 6) is -0.405. The molecule has 0 atom stereocenters. The van der Waals surface area contributed by atoms with Gasteiger partial charge in [-0.15, -0.1) is 0 Å². The lowest BCUT2D eigenvalue weighted by atomic mass is 9.82. The number of carbonyl (C=O) groups is 1. The number of hydrogen-bond donors (Lipinski definition) is 0. The maximum absolute atomic E-state index is 13.8. The van der Waals surface area contributed by atoms with Crippen molar-refractivity contribution in [3.8, 4) is 0 Å². The second-order valence-electron chi connectivity index (χ2n) is 6.13. The Morgan fingerprint density at radius 2 is 1.81 bits per heavy atom. The molecule has 0 saturated carbocycles. The highest BCUT2D eigenvalue weighted by Crippen LogP contribution is 2.27. The van der Waals surface area contributed by atoms with Gasteiger partial charge >= 0.3 is 0 Å². The zero-order valence-corrected chi connectivity index (χ0v) is 14.0. The maximum atomic E-state index is 13.8. The smallest absolute Gasteiger partial charge is 0.167 e. The maximum Gasteiger partial charge on any atom is 0.167 e. The zero-order chi connectivity index (χ0) is 15.6. The van der Waals surface area contributed by atoms with Gasteiger partial charge < -0.3 is 0 Å². The lowest BCUT2D eigenvalue weighted by Crippen LogP contribution is -2.18. The SMILES string of the molecule is CC(C)(C)c1ccccc1C(=O)Cc1cc(Br)ccc1F. The minimum Gasteiger partial charge on any atom is -0.294 e. The molecule has 0 aliphatic heterocycles. The van der Waals surface area contributed by atoms with E-state index in [4.69, 9.17) is 0 Å². The van der Waals surface area contributed by atoms with E-state index >= 15 is 0 Å². The number of Topliss-reactive ketones (excluding diaryl/α,β-unsaturated/α-hetero) is 1. The van der Waals surface area contributed by atoms with Crippen molar-refractivity contribution in [1.29, 1.82) is 0 Å². The molecule has 0 amide bonds. The van der Waals surface area contributed by atoms with Crippen molar-refractivity contribution in [2.75, 3.05) is 0 Å². The zero-order valence-electron chi connectivity index (χ0n) is 12.4. The van der Waals surface area contributed by atoms with Crippen molar-refractivity contribution in [3.05, 3.63) is 69.4 Å². The summed E-state index contributed by atoms with van der Waals surface area (Å²) in [7, 11) is 0. The van der Waals surface area contributed by atoms with Gasteiger partial charge in [0.15, 0.2) is 5.78 Å². The number of hydrogen-bond acceptors (Lipinski definition) is 1. The Balaban J connectivity index is 2.36. The molecule has 0 aromatic heterocycles. The number of rotatable bonds is 3. The van der Waals surface area contributed by atoms with Crippen LogP contribution in [0.25, 0.3) is 0 Å². The molecule has 0 aliphatic carbocycles. The van der Waals surface area contributed by atoms with Gasteiger partial charge in [-0.3, -0.25) is 4.79 Å². The molecule has 0 aliphatic rings. The summed E-state index contributed by atoms with van der Waals surface area (Å²) in [6, 6.07) is 12.2. The average Bonchev–Trinajstić information content (AvgIpc) is 2.42. The molecule has 2 aromatic rings. The van der Waals surface area contributed by atoms with E-state index in [2.05, 4.69) is 36.7 Å². The minimum atomic E-state index is -0.347. The van der Waals surface area contributed by atoms with Crippen molar-refractivity contribution in [1.82, 2.24) is 0 Å². The van der Waals surface area contributed by atoms with Crippen molar-refractivity contribution >= 4 is 21.7 Å². The molecule has 0 N–H and O–H groups in total. The molecule has 0 unspecified atom stereocenters. The predicted molar refractivity (Wildman–Crippen MR) is 87.3 cm³/mol. The van der Waals surface area contributed by atoms with Gasteiger partial charge in [0, 0.05) is 16.5 Å². The largest absolute Gasteiger partial charge is 0.294 e. The molecule has 3 heteroatoms. The third-order valence-corrected chi connectivity index (χ3v) is 3.89. The Morgan fingerprint density at radius 3 is 2.48 bits per heavy atom. The van der Waals surface area contributed by atoms with E-state index in [-0.39, 0.29) is 23.4 Å². The average molecular weight is 349 g/mol. The molecule has 0 heterocycles.